The molecule has 0 bridgehead atoms. The number of amidine groups is 2. The molecule has 0 radical (unpaired) electrons. The summed E-state index contributed by atoms with van der Waals surface area (Å²) in [7, 11) is 0. The molecule has 1 rings (SSSR count). The molecule has 3 N–H and O–H groups in total. The van der Waals surface area contributed by atoms with E-state index in [4.69, 9.17) is 11.1 Å². The Kier molecular flexibility index (Phi) is 2.27. The minimum atomic E-state index is 0.278. The largest absolute Gasteiger partial charge is 0.387 e. The van der Waals surface area contributed by atoms with Crippen molar-refractivity contribution in [3.8, 4) is 0 Å². The SMILES string of the molecule is CCCC1C(=N)N=C(N)[C@H]1C. The zero-order valence-electron chi connectivity index (χ0n) is 7.09. The van der Waals surface area contributed by atoms with Crippen LogP contribution >= 0.6 is 0 Å². The van der Waals surface area contributed by atoms with E-state index in [1.807, 2.05) is 6.92 Å². The molecule has 3 nitrogen and oxygen atoms in total. The topological polar surface area (TPSA) is 62.2 Å². The second-order valence-corrected chi connectivity index (χ2v) is 3.11. The third-order valence-electron chi connectivity index (χ3n) is 2.27. The minimum absolute atomic E-state index is 0.278. The van der Waals surface area contributed by atoms with E-state index in [1.54, 1.807) is 0 Å². The van der Waals surface area contributed by atoms with Crippen molar-refractivity contribution < 1.29 is 0 Å². The molecule has 0 aliphatic carbocycles. The fourth-order valence-corrected chi connectivity index (χ4v) is 1.46. The lowest BCUT2D eigenvalue weighted by atomic mass is 9.91. The van der Waals surface area contributed by atoms with Gasteiger partial charge in [0.05, 0.1) is 0 Å². The van der Waals surface area contributed by atoms with Crippen LogP contribution in [0.1, 0.15) is 26.7 Å². The van der Waals surface area contributed by atoms with E-state index >= 15 is 0 Å². The molecule has 0 aromatic carbocycles. The van der Waals surface area contributed by atoms with Crippen molar-refractivity contribution >= 4 is 11.7 Å². The summed E-state index contributed by atoms with van der Waals surface area (Å²) in [6.07, 6.45) is 2.13. The molecule has 62 valence electrons. The van der Waals surface area contributed by atoms with Crippen LogP contribution in [0.5, 0.6) is 0 Å². The Balaban J connectivity index is 2.64. The smallest absolute Gasteiger partial charge is 0.126 e. The van der Waals surface area contributed by atoms with Crippen LogP contribution in [0.2, 0.25) is 0 Å². The molecule has 0 aromatic rings. The summed E-state index contributed by atoms with van der Waals surface area (Å²) in [6.45, 7) is 4.16. The highest BCUT2D eigenvalue weighted by Gasteiger charge is 2.29. The Morgan fingerprint density at radius 3 is 2.64 bits per heavy atom. The van der Waals surface area contributed by atoms with Crippen molar-refractivity contribution in [2.75, 3.05) is 0 Å². The Morgan fingerprint density at radius 2 is 2.27 bits per heavy atom. The van der Waals surface area contributed by atoms with Crippen molar-refractivity contribution in [3.63, 3.8) is 0 Å². The van der Waals surface area contributed by atoms with Gasteiger partial charge < -0.3 is 5.73 Å². The van der Waals surface area contributed by atoms with Gasteiger partial charge in [0.1, 0.15) is 11.7 Å². The molecule has 0 fully saturated rings. The Hall–Kier alpha value is -0.860. The van der Waals surface area contributed by atoms with Gasteiger partial charge in [0.25, 0.3) is 0 Å². The van der Waals surface area contributed by atoms with E-state index in [9.17, 15) is 0 Å². The summed E-state index contributed by atoms with van der Waals surface area (Å²) in [6, 6.07) is 0. The maximum atomic E-state index is 7.50. The number of aliphatic imine (C=N–C) groups is 1. The fourth-order valence-electron chi connectivity index (χ4n) is 1.46. The maximum absolute atomic E-state index is 7.50. The van der Waals surface area contributed by atoms with Crippen molar-refractivity contribution in [2.24, 2.45) is 22.6 Å². The maximum Gasteiger partial charge on any atom is 0.126 e. The molecule has 11 heavy (non-hydrogen) atoms. The van der Waals surface area contributed by atoms with Crippen molar-refractivity contribution in [2.45, 2.75) is 26.7 Å². The third-order valence-corrected chi connectivity index (χ3v) is 2.27. The van der Waals surface area contributed by atoms with Gasteiger partial charge in [-0.2, -0.15) is 0 Å². The summed E-state index contributed by atoms with van der Waals surface area (Å²) < 4.78 is 0. The number of hydrogen-bond acceptors (Lipinski definition) is 2. The third kappa shape index (κ3) is 1.42. The van der Waals surface area contributed by atoms with E-state index < -0.39 is 0 Å². The number of nitrogens with zero attached hydrogens (tertiary/aromatic N) is 1. The van der Waals surface area contributed by atoms with Crippen LogP contribution in [0, 0.1) is 17.2 Å². The number of rotatable bonds is 2. The normalized spacial score (nSPS) is 30.7. The lowest BCUT2D eigenvalue weighted by molar-refractivity contribution is 0.531. The predicted molar refractivity (Wildman–Crippen MR) is 46.9 cm³/mol. The van der Waals surface area contributed by atoms with Crippen molar-refractivity contribution in [1.29, 1.82) is 5.41 Å². The Bertz CT molecular complexity index is 196. The molecule has 0 saturated heterocycles. The van der Waals surface area contributed by atoms with Gasteiger partial charge >= 0.3 is 0 Å². The lowest BCUT2D eigenvalue weighted by Crippen LogP contribution is -2.23. The standard InChI is InChI=1S/C8H15N3/c1-3-4-6-5(2)7(9)11-8(6)10/h5-6H,3-4H2,1-2H3,(H3,9,10,11)/t5-,6?/m0/s1. The van der Waals surface area contributed by atoms with E-state index in [1.165, 1.54) is 0 Å². The van der Waals surface area contributed by atoms with Crippen LogP contribution < -0.4 is 5.73 Å². The van der Waals surface area contributed by atoms with Gasteiger partial charge in [0, 0.05) is 11.8 Å². The highest BCUT2D eigenvalue weighted by Crippen LogP contribution is 2.24. The summed E-state index contributed by atoms with van der Waals surface area (Å²) >= 11 is 0. The molecule has 1 aliphatic rings. The van der Waals surface area contributed by atoms with Crippen LogP contribution in [-0.2, 0) is 0 Å². The second kappa shape index (κ2) is 3.03. The van der Waals surface area contributed by atoms with Gasteiger partial charge in [-0.1, -0.05) is 20.3 Å². The Morgan fingerprint density at radius 1 is 1.64 bits per heavy atom. The number of nitrogens with two attached hydrogens (primary N) is 1. The van der Waals surface area contributed by atoms with E-state index in [0.29, 0.717) is 11.7 Å². The Labute approximate surface area is 67.2 Å². The average Bonchev–Trinajstić information content (AvgIpc) is 2.17. The van der Waals surface area contributed by atoms with E-state index in [0.717, 1.165) is 12.8 Å². The zero-order chi connectivity index (χ0) is 8.43. The summed E-state index contributed by atoms with van der Waals surface area (Å²) in [5.74, 6) is 1.66. The van der Waals surface area contributed by atoms with Gasteiger partial charge in [-0.15, -0.1) is 0 Å². The fraction of sp³-hybridized carbons (Fsp3) is 0.750. The first kappa shape index (κ1) is 8.24. The zero-order valence-corrected chi connectivity index (χ0v) is 7.09. The molecule has 3 heteroatoms. The number of nitrogens with one attached hydrogen (secondary N) is 1. The highest BCUT2D eigenvalue weighted by molar-refractivity contribution is 6.04. The van der Waals surface area contributed by atoms with Gasteiger partial charge in [0.2, 0.25) is 0 Å². The molecule has 1 unspecified atom stereocenters. The first-order chi connectivity index (χ1) is 5.16. The molecular formula is C8H15N3. The molecule has 1 heterocycles. The van der Waals surface area contributed by atoms with Crippen LogP contribution in [-0.4, -0.2) is 11.7 Å². The summed E-state index contributed by atoms with van der Waals surface area (Å²) in [5.41, 5.74) is 5.60. The molecular weight excluding hydrogens is 138 g/mol. The molecule has 0 aromatic heterocycles. The quantitative estimate of drug-likeness (QED) is 0.618. The van der Waals surface area contributed by atoms with Crippen LogP contribution in [0.25, 0.3) is 0 Å². The first-order valence-corrected chi connectivity index (χ1v) is 4.09. The summed E-state index contributed by atoms with van der Waals surface area (Å²) in [5, 5.41) is 7.50. The lowest BCUT2D eigenvalue weighted by Gasteiger charge is -2.12. The monoisotopic (exact) mass is 153 g/mol. The van der Waals surface area contributed by atoms with Crippen LogP contribution in [0.15, 0.2) is 4.99 Å². The molecule has 1 aliphatic heterocycles. The summed E-state index contributed by atoms with van der Waals surface area (Å²) in [4.78, 5) is 3.95. The van der Waals surface area contributed by atoms with Crippen molar-refractivity contribution in [3.05, 3.63) is 0 Å². The minimum Gasteiger partial charge on any atom is -0.387 e. The number of hydrogen-bond donors (Lipinski definition) is 2. The first-order valence-electron chi connectivity index (χ1n) is 4.09. The molecule has 0 amide bonds. The van der Waals surface area contributed by atoms with Crippen LogP contribution in [0.4, 0.5) is 0 Å². The van der Waals surface area contributed by atoms with Crippen molar-refractivity contribution in [1.82, 2.24) is 0 Å². The second-order valence-electron chi connectivity index (χ2n) is 3.11. The van der Waals surface area contributed by atoms with E-state index in [2.05, 4.69) is 11.9 Å². The predicted octanol–water partition coefficient (Wildman–Crippen LogP) is 1.39. The van der Waals surface area contributed by atoms with Gasteiger partial charge in [-0.3, -0.25) is 5.41 Å². The van der Waals surface area contributed by atoms with Gasteiger partial charge in [-0.25, -0.2) is 4.99 Å². The van der Waals surface area contributed by atoms with Crippen LogP contribution in [0.3, 0.4) is 0 Å². The van der Waals surface area contributed by atoms with Gasteiger partial charge in [-0.05, 0) is 6.42 Å². The average molecular weight is 153 g/mol. The molecule has 2 atom stereocenters. The molecule has 0 saturated carbocycles. The van der Waals surface area contributed by atoms with Gasteiger partial charge in [0.15, 0.2) is 0 Å². The van der Waals surface area contributed by atoms with E-state index in [-0.39, 0.29) is 11.8 Å². The highest BCUT2D eigenvalue weighted by atomic mass is 15.0. The molecule has 0 spiro atoms.